The van der Waals surface area contributed by atoms with Crippen LogP contribution in [0.5, 0.6) is 0 Å². The molecule has 23 heavy (non-hydrogen) atoms. The second kappa shape index (κ2) is 7.51. The standard InChI is InChI=1S/C23H32/c1-3-8-19-11-13-22(14-12-19)23(4-2)17-15-21(16-18-23)20-9-6-5-7-10-20/h5-7,9-10,15-19,21-22H,3-4,8,11-14H2,1-2H3. The van der Waals surface area contributed by atoms with Gasteiger partial charge in [0.05, 0.1) is 0 Å². The van der Waals surface area contributed by atoms with E-state index in [0.29, 0.717) is 11.3 Å². The summed E-state index contributed by atoms with van der Waals surface area (Å²) >= 11 is 0. The normalized spacial score (nSPS) is 33.7. The summed E-state index contributed by atoms with van der Waals surface area (Å²) in [6.07, 6.45) is 19.8. The zero-order chi connectivity index (χ0) is 16.1. The molecule has 0 aliphatic heterocycles. The predicted octanol–water partition coefficient (Wildman–Crippen LogP) is 6.90. The quantitative estimate of drug-likeness (QED) is 0.519. The Hall–Kier alpha value is -1.30. The van der Waals surface area contributed by atoms with Crippen LogP contribution < -0.4 is 0 Å². The summed E-state index contributed by atoms with van der Waals surface area (Å²) in [5, 5.41) is 0. The van der Waals surface area contributed by atoms with E-state index in [1.807, 2.05) is 0 Å². The van der Waals surface area contributed by atoms with Gasteiger partial charge in [-0.3, -0.25) is 0 Å². The van der Waals surface area contributed by atoms with Crippen LogP contribution in [0.15, 0.2) is 54.6 Å². The highest BCUT2D eigenvalue weighted by Gasteiger charge is 2.36. The molecule has 0 N–H and O–H groups in total. The first-order chi connectivity index (χ1) is 11.3. The van der Waals surface area contributed by atoms with Gasteiger partial charge in [0.15, 0.2) is 0 Å². The van der Waals surface area contributed by atoms with E-state index in [1.165, 1.54) is 50.5 Å². The molecule has 3 rings (SSSR count). The summed E-state index contributed by atoms with van der Waals surface area (Å²) < 4.78 is 0. The molecule has 2 aliphatic rings. The maximum atomic E-state index is 2.55. The van der Waals surface area contributed by atoms with Crippen molar-refractivity contribution in [3.63, 3.8) is 0 Å². The SMILES string of the molecule is CCCC1CCC(C2(CC)C=CC(c3ccccc3)C=C2)CC1. The van der Waals surface area contributed by atoms with Crippen molar-refractivity contribution in [3.05, 3.63) is 60.2 Å². The Bertz CT molecular complexity index is 514. The molecule has 2 aliphatic carbocycles. The van der Waals surface area contributed by atoms with Gasteiger partial charge in [0.2, 0.25) is 0 Å². The van der Waals surface area contributed by atoms with E-state index >= 15 is 0 Å². The molecule has 0 spiro atoms. The Kier molecular flexibility index (Phi) is 5.41. The van der Waals surface area contributed by atoms with Crippen molar-refractivity contribution < 1.29 is 0 Å². The topological polar surface area (TPSA) is 0 Å². The molecule has 0 nitrogen and oxygen atoms in total. The molecular weight excluding hydrogens is 276 g/mol. The Morgan fingerprint density at radius 3 is 2.13 bits per heavy atom. The fraction of sp³-hybridized carbons (Fsp3) is 0.565. The molecule has 0 radical (unpaired) electrons. The third kappa shape index (κ3) is 3.62. The zero-order valence-electron chi connectivity index (χ0n) is 14.9. The van der Waals surface area contributed by atoms with Crippen LogP contribution in [-0.4, -0.2) is 0 Å². The van der Waals surface area contributed by atoms with Crippen molar-refractivity contribution in [1.82, 2.24) is 0 Å². The first kappa shape index (κ1) is 16.6. The second-order valence-corrected chi connectivity index (χ2v) is 7.63. The fourth-order valence-electron chi connectivity index (χ4n) is 4.78. The minimum absolute atomic E-state index is 0.322. The van der Waals surface area contributed by atoms with Crippen LogP contribution in [-0.2, 0) is 0 Å². The third-order valence-corrected chi connectivity index (χ3v) is 6.33. The maximum absolute atomic E-state index is 2.55. The molecule has 0 aromatic heterocycles. The highest BCUT2D eigenvalue weighted by atomic mass is 14.4. The van der Waals surface area contributed by atoms with Crippen LogP contribution in [0.4, 0.5) is 0 Å². The van der Waals surface area contributed by atoms with Crippen molar-refractivity contribution in [1.29, 1.82) is 0 Å². The average molecular weight is 309 g/mol. The number of allylic oxidation sites excluding steroid dienone is 4. The van der Waals surface area contributed by atoms with E-state index in [-0.39, 0.29) is 0 Å². The van der Waals surface area contributed by atoms with Crippen LogP contribution in [0.1, 0.15) is 70.3 Å². The van der Waals surface area contributed by atoms with Crippen molar-refractivity contribution >= 4 is 0 Å². The van der Waals surface area contributed by atoms with E-state index in [0.717, 1.165) is 11.8 Å². The summed E-state index contributed by atoms with van der Waals surface area (Å²) in [6.45, 7) is 4.70. The number of hydrogen-bond donors (Lipinski definition) is 0. The zero-order valence-corrected chi connectivity index (χ0v) is 14.9. The van der Waals surface area contributed by atoms with Gasteiger partial charge in [0, 0.05) is 11.3 Å². The van der Waals surface area contributed by atoms with Crippen LogP contribution in [0.2, 0.25) is 0 Å². The van der Waals surface area contributed by atoms with E-state index in [2.05, 4.69) is 68.5 Å². The number of rotatable bonds is 5. The van der Waals surface area contributed by atoms with Crippen LogP contribution in [0.25, 0.3) is 0 Å². The lowest BCUT2D eigenvalue weighted by atomic mass is 9.63. The molecule has 0 heterocycles. The van der Waals surface area contributed by atoms with Gasteiger partial charge in [-0.15, -0.1) is 0 Å². The van der Waals surface area contributed by atoms with Gasteiger partial charge in [-0.05, 0) is 36.7 Å². The highest BCUT2D eigenvalue weighted by molar-refractivity contribution is 5.34. The summed E-state index contributed by atoms with van der Waals surface area (Å²) in [5.41, 5.74) is 1.74. The molecular formula is C23H32. The van der Waals surface area contributed by atoms with E-state index in [1.54, 1.807) is 0 Å². The Morgan fingerprint density at radius 1 is 0.913 bits per heavy atom. The summed E-state index contributed by atoms with van der Waals surface area (Å²) in [4.78, 5) is 0. The van der Waals surface area contributed by atoms with Gasteiger partial charge in [-0.25, -0.2) is 0 Å². The minimum Gasteiger partial charge on any atom is -0.0774 e. The van der Waals surface area contributed by atoms with Crippen molar-refractivity contribution in [2.75, 3.05) is 0 Å². The van der Waals surface area contributed by atoms with Gasteiger partial charge >= 0.3 is 0 Å². The lowest BCUT2D eigenvalue weighted by molar-refractivity contribution is 0.170. The van der Waals surface area contributed by atoms with Gasteiger partial charge in [-0.2, -0.15) is 0 Å². The van der Waals surface area contributed by atoms with E-state index < -0.39 is 0 Å². The summed E-state index contributed by atoms with van der Waals surface area (Å²) in [6, 6.07) is 10.9. The van der Waals surface area contributed by atoms with Gasteiger partial charge in [0.25, 0.3) is 0 Å². The minimum atomic E-state index is 0.322. The highest BCUT2D eigenvalue weighted by Crippen LogP contribution is 2.47. The molecule has 0 saturated heterocycles. The Balaban J connectivity index is 1.68. The molecule has 0 amide bonds. The molecule has 0 unspecified atom stereocenters. The van der Waals surface area contributed by atoms with Crippen molar-refractivity contribution in [2.45, 2.75) is 64.7 Å². The largest absolute Gasteiger partial charge is 0.0774 e. The monoisotopic (exact) mass is 308 g/mol. The van der Waals surface area contributed by atoms with Crippen LogP contribution >= 0.6 is 0 Å². The maximum Gasteiger partial charge on any atom is 0.0199 e. The van der Waals surface area contributed by atoms with Crippen molar-refractivity contribution in [3.8, 4) is 0 Å². The molecule has 1 aromatic carbocycles. The van der Waals surface area contributed by atoms with Gasteiger partial charge < -0.3 is 0 Å². The lowest BCUT2D eigenvalue weighted by Gasteiger charge is -2.42. The van der Waals surface area contributed by atoms with E-state index in [4.69, 9.17) is 0 Å². The van der Waals surface area contributed by atoms with Crippen LogP contribution in [0, 0.1) is 17.3 Å². The first-order valence-electron chi connectivity index (χ1n) is 9.71. The predicted molar refractivity (Wildman–Crippen MR) is 101 cm³/mol. The average Bonchev–Trinajstić information content (AvgIpc) is 2.63. The molecule has 1 saturated carbocycles. The van der Waals surface area contributed by atoms with Gasteiger partial charge in [0.1, 0.15) is 0 Å². The molecule has 0 bridgehead atoms. The molecule has 0 heteroatoms. The fourth-order valence-corrected chi connectivity index (χ4v) is 4.78. The molecule has 1 fully saturated rings. The number of hydrogen-bond acceptors (Lipinski definition) is 0. The molecule has 124 valence electrons. The van der Waals surface area contributed by atoms with E-state index in [9.17, 15) is 0 Å². The first-order valence-corrected chi connectivity index (χ1v) is 9.71. The molecule has 1 aromatic rings. The summed E-state index contributed by atoms with van der Waals surface area (Å²) in [5.74, 6) is 2.32. The smallest absolute Gasteiger partial charge is 0.0199 e. The Labute approximate surface area is 142 Å². The van der Waals surface area contributed by atoms with Crippen molar-refractivity contribution in [2.24, 2.45) is 17.3 Å². The molecule has 0 atom stereocenters. The van der Waals surface area contributed by atoms with Crippen LogP contribution in [0.3, 0.4) is 0 Å². The van der Waals surface area contributed by atoms with Gasteiger partial charge in [-0.1, -0.05) is 94.2 Å². The second-order valence-electron chi connectivity index (χ2n) is 7.63. The summed E-state index contributed by atoms with van der Waals surface area (Å²) in [7, 11) is 0. The Morgan fingerprint density at radius 2 is 1.57 bits per heavy atom. The lowest BCUT2D eigenvalue weighted by Crippen LogP contribution is -2.31. The number of benzene rings is 1. The third-order valence-electron chi connectivity index (χ3n) is 6.33.